The molecule has 1 heterocycles. The van der Waals surface area contributed by atoms with Gasteiger partial charge in [-0.25, -0.2) is 4.68 Å². The fourth-order valence-corrected chi connectivity index (χ4v) is 2.19. The number of benzene rings is 1. The van der Waals surface area contributed by atoms with Crippen LogP contribution in [0.4, 0.5) is 5.69 Å². The Labute approximate surface area is 121 Å². The Hall–Kier alpha value is -1.40. The molecule has 0 bridgehead atoms. The van der Waals surface area contributed by atoms with E-state index in [1.807, 2.05) is 16.8 Å². The van der Waals surface area contributed by atoms with Crippen LogP contribution in [0.25, 0.3) is 0 Å². The molecule has 0 saturated heterocycles. The highest BCUT2D eigenvalue weighted by atomic mass is 79.9. The first kappa shape index (κ1) is 14.0. The lowest BCUT2D eigenvalue weighted by atomic mass is 10.3. The Bertz CT molecular complexity index is 511. The Morgan fingerprint density at radius 2 is 2.21 bits per heavy atom. The summed E-state index contributed by atoms with van der Waals surface area (Å²) in [6.45, 7) is 5.48. The van der Waals surface area contributed by atoms with Gasteiger partial charge in [-0.2, -0.15) is 0 Å². The first-order chi connectivity index (χ1) is 9.29. The molecule has 2 N–H and O–H groups in total. The van der Waals surface area contributed by atoms with Crippen LogP contribution in [0.15, 0.2) is 34.9 Å². The molecule has 1 aromatic carbocycles. The van der Waals surface area contributed by atoms with E-state index in [4.69, 9.17) is 0 Å². The number of anilines is 1. The van der Waals surface area contributed by atoms with Crippen LogP contribution in [-0.4, -0.2) is 28.1 Å². The molecule has 2 rings (SSSR count). The van der Waals surface area contributed by atoms with Crippen molar-refractivity contribution < 1.29 is 0 Å². The van der Waals surface area contributed by atoms with Crippen molar-refractivity contribution in [3.8, 4) is 0 Å². The number of halogens is 1. The average Bonchev–Trinajstić information content (AvgIpc) is 2.86. The summed E-state index contributed by atoms with van der Waals surface area (Å²) < 4.78 is 2.98. The molecule has 0 saturated carbocycles. The normalized spacial score (nSPS) is 10.6. The lowest BCUT2D eigenvalue weighted by Gasteiger charge is -2.08. The zero-order chi connectivity index (χ0) is 13.5. The maximum atomic E-state index is 4.00. The number of hydrogen-bond acceptors (Lipinski definition) is 4. The van der Waals surface area contributed by atoms with Gasteiger partial charge in [0, 0.05) is 36.3 Å². The highest BCUT2D eigenvalue weighted by molar-refractivity contribution is 9.10. The van der Waals surface area contributed by atoms with E-state index < -0.39 is 0 Å². The fraction of sp³-hybridized carbons (Fsp3) is 0.385. The molecular weight excluding hydrogens is 306 g/mol. The molecule has 0 aliphatic carbocycles. The van der Waals surface area contributed by atoms with Crippen molar-refractivity contribution in [1.82, 2.24) is 20.3 Å². The van der Waals surface area contributed by atoms with Gasteiger partial charge in [0.25, 0.3) is 0 Å². The summed E-state index contributed by atoms with van der Waals surface area (Å²) in [4.78, 5) is 0. The molecule has 0 spiro atoms. The lowest BCUT2D eigenvalue weighted by Crippen LogP contribution is -2.23. The van der Waals surface area contributed by atoms with Crippen molar-refractivity contribution in [3.05, 3.63) is 40.6 Å². The first-order valence-corrected chi connectivity index (χ1v) is 7.16. The van der Waals surface area contributed by atoms with Crippen molar-refractivity contribution in [3.63, 3.8) is 0 Å². The molecule has 1 aromatic heterocycles. The minimum Gasteiger partial charge on any atom is -0.384 e. The number of aryl methyl sites for hydroxylation is 1. The van der Waals surface area contributed by atoms with Gasteiger partial charge in [0.2, 0.25) is 0 Å². The van der Waals surface area contributed by atoms with E-state index in [0.29, 0.717) is 0 Å². The predicted molar refractivity (Wildman–Crippen MR) is 80.0 cm³/mol. The third-order valence-corrected chi connectivity index (χ3v) is 3.25. The second-order valence-electron chi connectivity index (χ2n) is 4.16. The predicted octanol–water partition coefficient (Wildman–Crippen LogP) is 2.26. The van der Waals surface area contributed by atoms with E-state index in [0.717, 1.165) is 42.0 Å². The smallest absolute Gasteiger partial charge is 0.0738 e. The molecule has 0 fully saturated rings. The van der Waals surface area contributed by atoms with Crippen LogP contribution in [0.1, 0.15) is 12.6 Å². The molecule has 0 radical (unpaired) electrons. The molecule has 2 aromatic rings. The quantitative estimate of drug-likeness (QED) is 0.767. The van der Waals surface area contributed by atoms with Crippen LogP contribution in [0.2, 0.25) is 0 Å². The van der Waals surface area contributed by atoms with Crippen LogP contribution in [-0.2, 0) is 13.1 Å². The Morgan fingerprint density at radius 1 is 1.32 bits per heavy atom. The third kappa shape index (κ3) is 4.33. The second kappa shape index (κ2) is 7.25. The SMILES string of the molecule is CCn1nncc1CNCCNc1cccc(Br)c1. The molecule has 0 atom stereocenters. The fourth-order valence-electron chi connectivity index (χ4n) is 1.79. The van der Waals surface area contributed by atoms with Gasteiger partial charge in [0.1, 0.15) is 0 Å². The standard InChI is InChI=1S/C13H18BrN5/c1-2-19-13(10-17-18-19)9-15-6-7-16-12-5-3-4-11(14)8-12/h3-5,8,10,15-16H,2,6-7,9H2,1H3. The van der Waals surface area contributed by atoms with Crippen molar-refractivity contribution in [2.75, 3.05) is 18.4 Å². The molecule has 0 amide bonds. The average molecular weight is 324 g/mol. The summed E-state index contributed by atoms with van der Waals surface area (Å²) >= 11 is 3.45. The summed E-state index contributed by atoms with van der Waals surface area (Å²) in [5.74, 6) is 0. The van der Waals surface area contributed by atoms with Crippen molar-refractivity contribution in [2.24, 2.45) is 0 Å². The van der Waals surface area contributed by atoms with Crippen molar-refractivity contribution in [1.29, 1.82) is 0 Å². The minimum absolute atomic E-state index is 0.793. The van der Waals surface area contributed by atoms with Gasteiger partial charge in [-0.05, 0) is 25.1 Å². The van der Waals surface area contributed by atoms with E-state index in [9.17, 15) is 0 Å². The summed E-state index contributed by atoms with van der Waals surface area (Å²) in [7, 11) is 0. The highest BCUT2D eigenvalue weighted by Gasteiger charge is 2.00. The number of hydrogen-bond donors (Lipinski definition) is 2. The van der Waals surface area contributed by atoms with E-state index in [2.05, 4.69) is 55.9 Å². The largest absolute Gasteiger partial charge is 0.384 e. The van der Waals surface area contributed by atoms with Crippen LogP contribution in [0.5, 0.6) is 0 Å². The Kier molecular flexibility index (Phi) is 5.35. The van der Waals surface area contributed by atoms with Crippen LogP contribution in [0.3, 0.4) is 0 Å². The molecule has 6 heteroatoms. The Balaban J connectivity index is 1.67. The molecule has 5 nitrogen and oxygen atoms in total. The van der Waals surface area contributed by atoms with E-state index in [-0.39, 0.29) is 0 Å². The van der Waals surface area contributed by atoms with Gasteiger partial charge in [-0.15, -0.1) is 5.10 Å². The molecule has 0 aliphatic rings. The maximum absolute atomic E-state index is 4.00. The van der Waals surface area contributed by atoms with Gasteiger partial charge in [0.15, 0.2) is 0 Å². The zero-order valence-electron chi connectivity index (χ0n) is 10.9. The van der Waals surface area contributed by atoms with Gasteiger partial charge < -0.3 is 10.6 Å². The van der Waals surface area contributed by atoms with E-state index in [1.165, 1.54) is 0 Å². The lowest BCUT2D eigenvalue weighted by molar-refractivity contribution is 0.572. The number of nitrogens with one attached hydrogen (secondary N) is 2. The zero-order valence-corrected chi connectivity index (χ0v) is 12.5. The second-order valence-corrected chi connectivity index (χ2v) is 5.07. The third-order valence-electron chi connectivity index (χ3n) is 2.76. The van der Waals surface area contributed by atoms with Gasteiger partial charge >= 0.3 is 0 Å². The number of aromatic nitrogens is 3. The summed E-state index contributed by atoms with van der Waals surface area (Å²) in [5, 5.41) is 14.6. The molecular formula is C13H18BrN5. The monoisotopic (exact) mass is 323 g/mol. The van der Waals surface area contributed by atoms with Crippen molar-refractivity contribution >= 4 is 21.6 Å². The van der Waals surface area contributed by atoms with E-state index >= 15 is 0 Å². The number of rotatable bonds is 7. The van der Waals surface area contributed by atoms with E-state index in [1.54, 1.807) is 6.20 Å². The van der Waals surface area contributed by atoms with Crippen LogP contribution < -0.4 is 10.6 Å². The van der Waals surface area contributed by atoms with Gasteiger partial charge in [0.05, 0.1) is 11.9 Å². The first-order valence-electron chi connectivity index (χ1n) is 6.37. The van der Waals surface area contributed by atoms with Gasteiger partial charge in [-0.3, -0.25) is 0 Å². The number of nitrogens with zero attached hydrogens (tertiary/aromatic N) is 3. The molecule has 0 aliphatic heterocycles. The van der Waals surface area contributed by atoms with Crippen LogP contribution in [0, 0.1) is 0 Å². The maximum Gasteiger partial charge on any atom is 0.0738 e. The minimum atomic E-state index is 0.793. The summed E-state index contributed by atoms with van der Waals surface area (Å²) in [6.07, 6.45) is 1.80. The molecule has 19 heavy (non-hydrogen) atoms. The van der Waals surface area contributed by atoms with Crippen LogP contribution >= 0.6 is 15.9 Å². The summed E-state index contributed by atoms with van der Waals surface area (Å²) in [5.41, 5.74) is 2.24. The molecule has 102 valence electrons. The summed E-state index contributed by atoms with van der Waals surface area (Å²) in [6, 6.07) is 8.16. The topological polar surface area (TPSA) is 54.8 Å². The molecule has 0 unspecified atom stereocenters. The van der Waals surface area contributed by atoms with Crippen molar-refractivity contribution in [2.45, 2.75) is 20.0 Å². The Morgan fingerprint density at radius 3 is 3.00 bits per heavy atom. The van der Waals surface area contributed by atoms with Gasteiger partial charge in [-0.1, -0.05) is 27.2 Å². The highest BCUT2D eigenvalue weighted by Crippen LogP contribution is 2.14.